The SMILES string of the molecule is Cc1ccc(N2CCN(C(=O)C(C)Oc3cccc(F)c3)CC2)nn1. The quantitative estimate of drug-likeness (QED) is 0.849. The van der Waals surface area contributed by atoms with Gasteiger partial charge in [-0.2, -0.15) is 5.10 Å². The van der Waals surface area contributed by atoms with Gasteiger partial charge < -0.3 is 14.5 Å². The minimum Gasteiger partial charge on any atom is -0.481 e. The molecule has 0 spiro atoms. The predicted octanol–water partition coefficient (Wildman–Crippen LogP) is 2.04. The molecule has 2 aromatic rings. The van der Waals surface area contributed by atoms with Crippen molar-refractivity contribution in [1.82, 2.24) is 15.1 Å². The lowest BCUT2D eigenvalue weighted by Gasteiger charge is -2.36. The van der Waals surface area contributed by atoms with E-state index in [9.17, 15) is 9.18 Å². The summed E-state index contributed by atoms with van der Waals surface area (Å²) >= 11 is 0. The van der Waals surface area contributed by atoms with Crippen LogP contribution in [0.15, 0.2) is 36.4 Å². The van der Waals surface area contributed by atoms with Gasteiger partial charge in [0.05, 0.1) is 5.69 Å². The summed E-state index contributed by atoms with van der Waals surface area (Å²) < 4.78 is 18.8. The molecule has 1 amide bonds. The lowest BCUT2D eigenvalue weighted by Crippen LogP contribution is -2.52. The number of carbonyl (C=O) groups excluding carboxylic acids is 1. The van der Waals surface area contributed by atoms with E-state index in [2.05, 4.69) is 15.1 Å². The summed E-state index contributed by atoms with van der Waals surface area (Å²) in [6.07, 6.45) is -0.660. The van der Waals surface area contributed by atoms with E-state index < -0.39 is 6.10 Å². The zero-order chi connectivity index (χ0) is 17.8. The van der Waals surface area contributed by atoms with Crippen LogP contribution in [0.5, 0.6) is 5.75 Å². The van der Waals surface area contributed by atoms with Gasteiger partial charge in [0.2, 0.25) is 0 Å². The van der Waals surface area contributed by atoms with Gasteiger partial charge in [0.25, 0.3) is 5.91 Å². The van der Waals surface area contributed by atoms with Gasteiger partial charge >= 0.3 is 0 Å². The van der Waals surface area contributed by atoms with Crippen molar-refractivity contribution >= 4 is 11.7 Å². The molecule has 1 aromatic carbocycles. The fourth-order valence-electron chi connectivity index (χ4n) is 2.77. The third-order valence-electron chi connectivity index (χ3n) is 4.16. The first-order valence-corrected chi connectivity index (χ1v) is 8.29. The maximum atomic E-state index is 13.2. The van der Waals surface area contributed by atoms with Gasteiger partial charge in [-0.05, 0) is 38.1 Å². The Morgan fingerprint density at radius 2 is 1.92 bits per heavy atom. The van der Waals surface area contributed by atoms with Gasteiger partial charge in [-0.3, -0.25) is 4.79 Å². The number of hydrogen-bond donors (Lipinski definition) is 0. The molecule has 1 unspecified atom stereocenters. The molecule has 1 atom stereocenters. The molecule has 132 valence electrons. The summed E-state index contributed by atoms with van der Waals surface area (Å²) in [7, 11) is 0. The smallest absolute Gasteiger partial charge is 0.263 e. The second-order valence-electron chi connectivity index (χ2n) is 6.06. The predicted molar refractivity (Wildman–Crippen MR) is 92.1 cm³/mol. The molecule has 0 N–H and O–H groups in total. The zero-order valence-corrected chi connectivity index (χ0v) is 14.4. The van der Waals surface area contributed by atoms with E-state index >= 15 is 0 Å². The summed E-state index contributed by atoms with van der Waals surface area (Å²) in [6, 6.07) is 9.68. The topological polar surface area (TPSA) is 58.6 Å². The third kappa shape index (κ3) is 4.23. The first-order valence-electron chi connectivity index (χ1n) is 8.29. The Balaban J connectivity index is 1.54. The van der Waals surface area contributed by atoms with Gasteiger partial charge in [-0.25, -0.2) is 4.39 Å². The molecule has 0 aliphatic carbocycles. The minimum absolute atomic E-state index is 0.0982. The number of rotatable bonds is 4. The average molecular weight is 344 g/mol. The van der Waals surface area contributed by atoms with E-state index in [4.69, 9.17) is 4.74 Å². The average Bonchev–Trinajstić information content (AvgIpc) is 2.62. The fourth-order valence-corrected chi connectivity index (χ4v) is 2.77. The maximum Gasteiger partial charge on any atom is 0.263 e. The van der Waals surface area contributed by atoms with E-state index in [0.29, 0.717) is 31.9 Å². The van der Waals surface area contributed by atoms with Crippen molar-refractivity contribution in [3.05, 3.63) is 47.9 Å². The van der Waals surface area contributed by atoms with Gasteiger partial charge in [-0.15, -0.1) is 5.10 Å². The molecule has 1 aromatic heterocycles. The number of amides is 1. The van der Waals surface area contributed by atoms with Crippen LogP contribution >= 0.6 is 0 Å². The van der Waals surface area contributed by atoms with E-state index in [0.717, 1.165) is 11.5 Å². The Morgan fingerprint density at radius 1 is 1.16 bits per heavy atom. The van der Waals surface area contributed by atoms with Crippen molar-refractivity contribution in [1.29, 1.82) is 0 Å². The van der Waals surface area contributed by atoms with Crippen molar-refractivity contribution in [2.45, 2.75) is 20.0 Å². The normalized spacial score (nSPS) is 15.8. The fraction of sp³-hybridized carbons (Fsp3) is 0.389. The number of nitrogens with zero attached hydrogens (tertiary/aromatic N) is 4. The molecule has 7 heteroatoms. The number of carbonyl (C=O) groups is 1. The molecule has 1 fully saturated rings. The molecular weight excluding hydrogens is 323 g/mol. The number of ether oxygens (including phenoxy) is 1. The highest BCUT2D eigenvalue weighted by molar-refractivity contribution is 5.81. The number of hydrogen-bond acceptors (Lipinski definition) is 5. The largest absolute Gasteiger partial charge is 0.481 e. The van der Waals surface area contributed by atoms with Crippen LogP contribution in [0.1, 0.15) is 12.6 Å². The first kappa shape index (κ1) is 17.1. The van der Waals surface area contributed by atoms with Crippen LogP contribution in [0.4, 0.5) is 10.2 Å². The van der Waals surface area contributed by atoms with Gasteiger partial charge in [0.1, 0.15) is 11.6 Å². The van der Waals surface area contributed by atoms with E-state index in [1.807, 2.05) is 19.1 Å². The highest BCUT2D eigenvalue weighted by Gasteiger charge is 2.26. The van der Waals surface area contributed by atoms with E-state index in [1.165, 1.54) is 12.1 Å². The van der Waals surface area contributed by atoms with Crippen LogP contribution in [-0.4, -0.2) is 53.3 Å². The Bertz CT molecular complexity index is 730. The van der Waals surface area contributed by atoms with Gasteiger partial charge in [-0.1, -0.05) is 6.07 Å². The standard InChI is InChI=1S/C18H21FN4O2/c1-13-6-7-17(21-20-13)22-8-10-23(11-9-22)18(24)14(2)25-16-5-3-4-15(19)12-16/h3-7,12,14H,8-11H2,1-2H3. The van der Waals surface area contributed by atoms with Crippen LogP contribution in [0.2, 0.25) is 0 Å². The van der Waals surface area contributed by atoms with Gasteiger partial charge in [0, 0.05) is 32.2 Å². The number of piperazine rings is 1. The van der Waals surface area contributed by atoms with Crippen LogP contribution < -0.4 is 9.64 Å². The third-order valence-corrected chi connectivity index (χ3v) is 4.16. The van der Waals surface area contributed by atoms with Crippen LogP contribution in [0, 0.1) is 12.7 Å². The van der Waals surface area contributed by atoms with Crippen molar-refractivity contribution in [2.75, 3.05) is 31.1 Å². The Morgan fingerprint density at radius 3 is 2.56 bits per heavy atom. The summed E-state index contributed by atoms with van der Waals surface area (Å²) in [5.74, 6) is 0.694. The monoisotopic (exact) mass is 344 g/mol. The Kier molecular flexibility index (Phi) is 5.11. The second-order valence-corrected chi connectivity index (χ2v) is 6.06. The molecule has 1 aliphatic heterocycles. The lowest BCUT2D eigenvalue weighted by molar-refractivity contribution is -0.138. The molecule has 0 radical (unpaired) electrons. The molecule has 6 nitrogen and oxygen atoms in total. The van der Waals surface area contributed by atoms with E-state index in [1.54, 1.807) is 24.0 Å². The summed E-state index contributed by atoms with van der Waals surface area (Å²) in [4.78, 5) is 16.4. The molecule has 3 rings (SSSR count). The van der Waals surface area contributed by atoms with Crippen molar-refractivity contribution in [2.24, 2.45) is 0 Å². The molecule has 1 aliphatic rings. The van der Waals surface area contributed by atoms with Crippen LogP contribution in [-0.2, 0) is 4.79 Å². The molecule has 1 saturated heterocycles. The molecular formula is C18H21FN4O2. The van der Waals surface area contributed by atoms with Crippen LogP contribution in [0.3, 0.4) is 0 Å². The van der Waals surface area contributed by atoms with Crippen molar-refractivity contribution in [3.63, 3.8) is 0 Å². The lowest BCUT2D eigenvalue weighted by atomic mass is 10.2. The Hall–Kier alpha value is -2.70. The minimum atomic E-state index is -0.660. The molecule has 2 heterocycles. The molecule has 25 heavy (non-hydrogen) atoms. The number of anilines is 1. The number of benzene rings is 1. The number of halogens is 1. The highest BCUT2D eigenvalue weighted by Crippen LogP contribution is 2.17. The second kappa shape index (κ2) is 7.46. The molecule has 0 bridgehead atoms. The maximum absolute atomic E-state index is 13.2. The summed E-state index contributed by atoms with van der Waals surface area (Å²) in [5.41, 5.74) is 0.876. The Labute approximate surface area is 146 Å². The summed E-state index contributed by atoms with van der Waals surface area (Å²) in [6.45, 7) is 6.14. The van der Waals surface area contributed by atoms with Crippen LogP contribution in [0.25, 0.3) is 0 Å². The van der Waals surface area contributed by atoms with Crippen molar-refractivity contribution in [3.8, 4) is 5.75 Å². The highest BCUT2D eigenvalue weighted by atomic mass is 19.1. The molecule has 0 saturated carbocycles. The number of aryl methyl sites for hydroxylation is 1. The zero-order valence-electron chi connectivity index (χ0n) is 14.4. The van der Waals surface area contributed by atoms with E-state index in [-0.39, 0.29) is 11.7 Å². The number of aromatic nitrogens is 2. The van der Waals surface area contributed by atoms with Crippen molar-refractivity contribution < 1.29 is 13.9 Å². The van der Waals surface area contributed by atoms with Gasteiger partial charge in [0.15, 0.2) is 11.9 Å². The first-order chi connectivity index (χ1) is 12.0. The summed E-state index contributed by atoms with van der Waals surface area (Å²) in [5, 5.41) is 8.25.